The first-order valence-corrected chi connectivity index (χ1v) is 7.15. The van der Waals surface area contributed by atoms with Gasteiger partial charge < -0.3 is 10.6 Å². The molecule has 0 saturated heterocycles. The highest BCUT2D eigenvalue weighted by molar-refractivity contribution is 6.36. The van der Waals surface area contributed by atoms with Crippen LogP contribution in [0.4, 0.5) is 4.39 Å². The molecule has 3 nitrogen and oxygen atoms in total. The minimum atomic E-state index is -0.660. The zero-order valence-corrected chi connectivity index (χ0v) is 14.5. The minimum absolute atomic E-state index is 0. The van der Waals surface area contributed by atoms with E-state index in [1.54, 1.807) is 7.05 Å². The van der Waals surface area contributed by atoms with Gasteiger partial charge in [-0.05, 0) is 24.5 Å². The van der Waals surface area contributed by atoms with E-state index in [9.17, 15) is 9.18 Å². The molecule has 0 aromatic heterocycles. The lowest BCUT2D eigenvalue weighted by Gasteiger charge is -2.22. The fourth-order valence-electron chi connectivity index (χ4n) is 1.67. The molecule has 0 aliphatic carbocycles. The predicted molar refractivity (Wildman–Crippen MR) is 88.1 cm³/mol. The van der Waals surface area contributed by atoms with Crippen LogP contribution in [0.5, 0.6) is 0 Å². The largest absolute Gasteiger partial charge is 0.342 e. The van der Waals surface area contributed by atoms with Crippen molar-refractivity contribution in [2.45, 2.75) is 26.3 Å². The van der Waals surface area contributed by atoms with Crippen molar-refractivity contribution in [1.29, 1.82) is 0 Å². The average Bonchev–Trinajstić information content (AvgIpc) is 2.38. The van der Waals surface area contributed by atoms with E-state index in [0.29, 0.717) is 18.9 Å². The van der Waals surface area contributed by atoms with Crippen molar-refractivity contribution in [3.05, 3.63) is 33.6 Å². The van der Waals surface area contributed by atoms with Gasteiger partial charge in [-0.25, -0.2) is 4.39 Å². The highest BCUT2D eigenvalue weighted by atomic mass is 35.5. The lowest BCUT2D eigenvalue weighted by molar-refractivity contribution is 0.0789. The Hall–Kier alpha value is -0.550. The molecule has 0 radical (unpaired) electrons. The predicted octanol–water partition coefficient (Wildman–Crippen LogP) is 4.00. The summed E-state index contributed by atoms with van der Waals surface area (Å²) in [6.45, 7) is 4.54. The maximum Gasteiger partial charge on any atom is 0.255 e. The second-order valence-electron chi connectivity index (χ2n) is 5.17. The highest BCUT2D eigenvalue weighted by Gasteiger charge is 2.18. The van der Waals surface area contributed by atoms with Crippen LogP contribution in [0.25, 0.3) is 0 Å². The average molecular weight is 358 g/mol. The van der Waals surface area contributed by atoms with Crippen LogP contribution in [0.3, 0.4) is 0 Å². The van der Waals surface area contributed by atoms with Gasteiger partial charge >= 0.3 is 0 Å². The third-order valence-corrected chi connectivity index (χ3v) is 3.84. The minimum Gasteiger partial charge on any atom is -0.342 e. The molecule has 2 N–H and O–H groups in total. The van der Waals surface area contributed by atoms with Crippen LogP contribution >= 0.6 is 35.6 Å². The SMILES string of the molecule is CC(C)C(N)CCN(C)C(=O)c1cc(F)c(Cl)cc1Cl.Cl. The summed E-state index contributed by atoms with van der Waals surface area (Å²) in [6.07, 6.45) is 0.674. The molecule has 1 rings (SSSR count). The van der Waals surface area contributed by atoms with Crippen molar-refractivity contribution in [3.63, 3.8) is 0 Å². The van der Waals surface area contributed by atoms with Crippen molar-refractivity contribution in [2.24, 2.45) is 11.7 Å². The maximum atomic E-state index is 13.4. The number of amides is 1. The molecule has 7 heteroatoms. The van der Waals surface area contributed by atoms with Gasteiger partial charge in [0, 0.05) is 19.6 Å². The van der Waals surface area contributed by atoms with E-state index in [4.69, 9.17) is 28.9 Å². The topological polar surface area (TPSA) is 46.3 Å². The monoisotopic (exact) mass is 356 g/mol. The van der Waals surface area contributed by atoms with Crippen molar-refractivity contribution in [2.75, 3.05) is 13.6 Å². The number of rotatable bonds is 5. The molecule has 1 unspecified atom stereocenters. The standard InChI is InChI=1S/C14H19Cl2FN2O.ClH/c1-8(2)13(18)4-5-19(3)14(20)9-6-12(17)11(16)7-10(9)15;/h6-8,13H,4-5,18H2,1-3H3;1H. The first kappa shape index (κ1) is 20.5. The molecule has 120 valence electrons. The Morgan fingerprint density at radius 3 is 2.43 bits per heavy atom. The Balaban J connectivity index is 0.00000400. The Labute approximate surface area is 141 Å². The Kier molecular flexibility index (Phi) is 8.56. The van der Waals surface area contributed by atoms with Gasteiger partial charge in [0.25, 0.3) is 5.91 Å². The molecule has 0 fully saturated rings. The van der Waals surface area contributed by atoms with Gasteiger partial charge in [-0.15, -0.1) is 12.4 Å². The van der Waals surface area contributed by atoms with E-state index in [0.717, 1.165) is 6.07 Å². The van der Waals surface area contributed by atoms with Crippen molar-refractivity contribution in [3.8, 4) is 0 Å². The van der Waals surface area contributed by atoms with Crippen molar-refractivity contribution in [1.82, 2.24) is 4.90 Å². The van der Waals surface area contributed by atoms with Crippen LogP contribution in [0, 0.1) is 11.7 Å². The number of hydrogen-bond donors (Lipinski definition) is 1. The quantitative estimate of drug-likeness (QED) is 0.810. The summed E-state index contributed by atoms with van der Waals surface area (Å²) in [6, 6.07) is 2.31. The van der Waals surface area contributed by atoms with Crippen LogP contribution in [0.2, 0.25) is 10.0 Å². The number of halogens is 4. The van der Waals surface area contributed by atoms with Gasteiger partial charge in [0.05, 0.1) is 15.6 Å². The van der Waals surface area contributed by atoms with Crippen LogP contribution < -0.4 is 5.73 Å². The number of nitrogens with two attached hydrogens (primary N) is 1. The fourth-order valence-corrected chi connectivity index (χ4v) is 2.13. The smallest absolute Gasteiger partial charge is 0.255 e. The van der Waals surface area contributed by atoms with Gasteiger partial charge in [-0.2, -0.15) is 0 Å². The molecule has 0 aliphatic heterocycles. The van der Waals surface area contributed by atoms with E-state index in [-0.39, 0.29) is 40.0 Å². The highest BCUT2D eigenvalue weighted by Crippen LogP contribution is 2.25. The molecule has 1 atom stereocenters. The summed E-state index contributed by atoms with van der Waals surface area (Å²) in [4.78, 5) is 13.7. The van der Waals surface area contributed by atoms with E-state index in [1.807, 2.05) is 13.8 Å². The van der Waals surface area contributed by atoms with Crippen LogP contribution in [0.15, 0.2) is 12.1 Å². The zero-order valence-electron chi connectivity index (χ0n) is 12.2. The number of nitrogens with zero attached hydrogens (tertiary/aromatic N) is 1. The molecule has 1 aromatic rings. The third-order valence-electron chi connectivity index (χ3n) is 3.24. The van der Waals surface area contributed by atoms with Gasteiger partial charge in [-0.1, -0.05) is 37.0 Å². The van der Waals surface area contributed by atoms with Crippen molar-refractivity contribution >= 4 is 41.5 Å². The van der Waals surface area contributed by atoms with E-state index in [2.05, 4.69) is 0 Å². The van der Waals surface area contributed by atoms with E-state index in [1.165, 1.54) is 11.0 Å². The lowest BCUT2D eigenvalue weighted by atomic mass is 10.0. The molecule has 0 aliphatic rings. The normalized spacial score (nSPS) is 12.0. The maximum absolute atomic E-state index is 13.4. The van der Waals surface area contributed by atoms with Gasteiger partial charge in [0.15, 0.2) is 0 Å². The van der Waals surface area contributed by atoms with Crippen molar-refractivity contribution < 1.29 is 9.18 Å². The molecule has 1 amide bonds. The Morgan fingerprint density at radius 2 is 1.90 bits per heavy atom. The van der Waals surface area contributed by atoms with E-state index < -0.39 is 5.82 Å². The first-order valence-electron chi connectivity index (χ1n) is 6.39. The summed E-state index contributed by atoms with van der Waals surface area (Å²) in [5.74, 6) is -0.664. The number of benzene rings is 1. The molecular weight excluding hydrogens is 338 g/mol. The summed E-state index contributed by atoms with van der Waals surface area (Å²) < 4.78 is 13.4. The van der Waals surface area contributed by atoms with Crippen LogP contribution in [0.1, 0.15) is 30.6 Å². The van der Waals surface area contributed by atoms with E-state index >= 15 is 0 Å². The summed E-state index contributed by atoms with van der Waals surface area (Å²) in [5.41, 5.74) is 6.04. The fraction of sp³-hybridized carbons (Fsp3) is 0.500. The zero-order chi connectivity index (χ0) is 15.4. The second kappa shape index (κ2) is 8.79. The Bertz CT molecular complexity index is 497. The molecule has 0 bridgehead atoms. The third kappa shape index (κ3) is 5.62. The number of carbonyl (C=O) groups is 1. The van der Waals surface area contributed by atoms with Gasteiger partial charge in [0.2, 0.25) is 0 Å². The number of hydrogen-bond acceptors (Lipinski definition) is 2. The lowest BCUT2D eigenvalue weighted by Crippen LogP contribution is -2.34. The molecule has 1 aromatic carbocycles. The van der Waals surface area contributed by atoms with Gasteiger partial charge in [0.1, 0.15) is 5.82 Å². The second-order valence-corrected chi connectivity index (χ2v) is 5.98. The number of carbonyl (C=O) groups excluding carboxylic acids is 1. The first-order chi connectivity index (χ1) is 9.23. The van der Waals surface area contributed by atoms with Crippen LogP contribution in [-0.4, -0.2) is 30.4 Å². The molecule has 21 heavy (non-hydrogen) atoms. The molecule has 0 heterocycles. The summed E-state index contributed by atoms with van der Waals surface area (Å²) in [7, 11) is 1.64. The summed E-state index contributed by atoms with van der Waals surface area (Å²) >= 11 is 11.5. The molecule has 0 spiro atoms. The van der Waals surface area contributed by atoms with Crippen LogP contribution in [-0.2, 0) is 0 Å². The molecular formula is C14H20Cl3FN2O. The Morgan fingerprint density at radius 1 is 1.33 bits per heavy atom. The summed E-state index contributed by atoms with van der Waals surface area (Å²) in [5, 5.41) is 0.0393. The molecule has 0 saturated carbocycles. The van der Waals surface area contributed by atoms with Gasteiger partial charge in [-0.3, -0.25) is 4.79 Å².